The summed E-state index contributed by atoms with van der Waals surface area (Å²) >= 11 is 0. The van der Waals surface area contributed by atoms with Crippen LogP contribution in [-0.2, 0) is 0 Å². The van der Waals surface area contributed by atoms with Gasteiger partial charge >= 0.3 is 0 Å². The fraction of sp³-hybridized carbons (Fsp3) is 0.538. The highest BCUT2D eigenvalue weighted by atomic mass is 19.1. The van der Waals surface area contributed by atoms with Gasteiger partial charge in [-0.05, 0) is 39.8 Å². The smallest absolute Gasteiger partial charge is 0.131 e. The minimum absolute atomic E-state index is 0.282. The van der Waals surface area contributed by atoms with Crippen molar-refractivity contribution in [3.63, 3.8) is 0 Å². The fourth-order valence-corrected chi connectivity index (χ4v) is 2.00. The van der Waals surface area contributed by atoms with Gasteiger partial charge in [0.15, 0.2) is 0 Å². The zero-order valence-electron chi connectivity index (χ0n) is 10.4. The van der Waals surface area contributed by atoms with Crippen molar-refractivity contribution in [2.75, 3.05) is 11.4 Å². The molecule has 0 saturated carbocycles. The van der Waals surface area contributed by atoms with Gasteiger partial charge in [0.1, 0.15) is 5.82 Å². The lowest BCUT2D eigenvalue weighted by molar-refractivity contribution is 0.194. The fourth-order valence-electron chi connectivity index (χ4n) is 2.00. The van der Waals surface area contributed by atoms with Gasteiger partial charge in [0.25, 0.3) is 0 Å². The summed E-state index contributed by atoms with van der Waals surface area (Å²) in [7, 11) is 0. The molecule has 0 fully saturated rings. The number of aliphatic hydroxyl groups excluding tert-OH is 1. The van der Waals surface area contributed by atoms with Gasteiger partial charge in [-0.3, -0.25) is 0 Å². The molecule has 1 rings (SSSR count). The molecule has 0 amide bonds. The van der Waals surface area contributed by atoms with Crippen LogP contribution in [0.25, 0.3) is 0 Å². The van der Waals surface area contributed by atoms with Crippen LogP contribution < -0.4 is 4.90 Å². The molecule has 0 radical (unpaired) electrons. The normalized spacial score (nSPS) is 12.9. The second kappa shape index (κ2) is 5.30. The molecule has 0 heterocycles. The topological polar surface area (TPSA) is 23.5 Å². The average molecular weight is 225 g/mol. The predicted octanol–water partition coefficient (Wildman–Crippen LogP) is 3.11. The molecule has 0 saturated heterocycles. The van der Waals surface area contributed by atoms with Crippen LogP contribution in [0.15, 0.2) is 18.2 Å². The van der Waals surface area contributed by atoms with Crippen LogP contribution in [0.1, 0.15) is 39.4 Å². The Morgan fingerprint density at radius 3 is 2.38 bits per heavy atom. The maximum absolute atomic E-state index is 13.7. The van der Waals surface area contributed by atoms with Crippen molar-refractivity contribution in [1.82, 2.24) is 0 Å². The molecule has 16 heavy (non-hydrogen) atoms. The van der Waals surface area contributed by atoms with Gasteiger partial charge in [-0.25, -0.2) is 4.39 Å². The van der Waals surface area contributed by atoms with Gasteiger partial charge in [0.05, 0.1) is 6.10 Å². The van der Waals surface area contributed by atoms with Crippen LogP contribution in [0.2, 0.25) is 0 Å². The molecular weight excluding hydrogens is 205 g/mol. The molecule has 3 heteroatoms. The van der Waals surface area contributed by atoms with Crippen molar-refractivity contribution < 1.29 is 9.50 Å². The Hall–Kier alpha value is -1.09. The van der Waals surface area contributed by atoms with E-state index in [0.717, 1.165) is 12.2 Å². The van der Waals surface area contributed by atoms with Gasteiger partial charge in [-0.2, -0.15) is 0 Å². The van der Waals surface area contributed by atoms with Crippen molar-refractivity contribution in [2.45, 2.75) is 39.8 Å². The molecule has 0 spiro atoms. The van der Waals surface area contributed by atoms with E-state index in [2.05, 4.69) is 18.7 Å². The monoisotopic (exact) mass is 225 g/mol. The van der Waals surface area contributed by atoms with Crippen LogP contribution in [0.5, 0.6) is 0 Å². The molecule has 0 aliphatic heterocycles. The molecule has 2 nitrogen and oxygen atoms in total. The summed E-state index contributed by atoms with van der Waals surface area (Å²) in [6.45, 7) is 8.52. The third kappa shape index (κ3) is 2.53. The third-order valence-corrected chi connectivity index (χ3v) is 2.72. The third-order valence-electron chi connectivity index (χ3n) is 2.72. The van der Waals surface area contributed by atoms with Gasteiger partial charge in [0.2, 0.25) is 0 Å². The van der Waals surface area contributed by atoms with Gasteiger partial charge in [0, 0.05) is 23.8 Å². The molecule has 1 aromatic rings. The van der Waals surface area contributed by atoms with E-state index in [4.69, 9.17) is 0 Å². The minimum atomic E-state index is -0.788. The van der Waals surface area contributed by atoms with Crippen LogP contribution >= 0.6 is 0 Å². The second-order valence-corrected chi connectivity index (χ2v) is 4.23. The summed E-state index contributed by atoms with van der Waals surface area (Å²) in [5.41, 5.74) is 1.17. The van der Waals surface area contributed by atoms with Crippen molar-refractivity contribution in [1.29, 1.82) is 0 Å². The molecule has 0 bridgehead atoms. The van der Waals surface area contributed by atoms with E-state index in [1.807, 2.05) is 13.0 Å². The molecule has 0 aliphatic carbocycles. The van der Waals surface area contributed by atoms with E-state index in [1.165, 1.54) is 6.07 Å². The van der Waals surface area contributed by atoms with Crippen molar-refractivity contribution in [2.24, 2.45) is 0 Å². The van der Waals surface area contributed by atoms with Crippen molar-refractivity contribution in [3.05, 3.63) is 29.6 Å². The van der Waals surface area contributed by atoms with E-state index in [0.29, 0.717) is 5.56 Å². The first-order valence-electron chi connectivity index (χ1n) is 5.72. The van der Waals surface area contributed by atoms with Crippen LogP contribution in [-0.4, -0.2) is 17.7 Å². The second-order valence-electron chi connectivity index (χ2n) is 4.23. The number of halogens is 1. The Morgan fingerprint density at radius 2 is 1.94 bits per heavy atom. The first-order chi connectivity index (χ1) is 7.49. The molecule has 0 aliphatic rings. The summed E-state index contributed by atoms with van der Waals surface area (Å²) in [6.07, 6.45) is -0.788. The Labute approximate surface area is 96.7 Å². The quantitative estimate of drug-likeness (QED) is 0.851. The lowest BCUT2D eigenvalue weighted by atomic mass is 10.1. The number of hydrogen-bond acceptors (Lipinski definition) is 2. The van der Waals surface area contributed by atoms with Gasteiger partial charge < -0.3 is 10.0 Å². The highest BCUT2D eigenvalue weighted by molar-refractivity contribution is 5.55. The zero-order chi connectivity index (χ0) is 12.3. The Kier molecular flexibility index (Phi) is 4.30. The highest BCUT2D eigenvalue weighted by Crippen LogP contribution is 2.29. The number of anilines is 1. The number of benzene rings is 1. The first kappa shape index (κ1) is 13.0. The molecule has 0 aromatic heterocycles. The molecule has 1 atom stereocenters. The van der Waals surface area contributed by atoms with Gasteiger partial charge in [-0.1, -0.05) is 6.07 Å². The van der Waals surface area contributed by atoms with Crippen LogP contribution in [0.3, 0.4) is 0 Å². The molecule has 0 unspecified atom stereocenters. The Morgan fingerprint density at radius 1 is 1.31 bits per heavy atom. The Balaban J connectivity index is 3.26. The molecule has 90 valence electrons. The summed E-state index contributed by atoms with van der Waals surface area (Å²) in [6, 6.07) is 5.21. The van der Waals surface area contributed by atoms with Crippen molar-refractivity contribution in [3.8, 4) is 0 Å². The number of hydrogen-bond donors (Lipinski definition) is 1. The minimum Gasteiger partial charge on any atom is -0.389 e. The predicted molar refractivity (Wildman–Crippen MR) is 65.2 cm³/mol. The summed E-state index contributed by atoms with van der Waals surface area (Å²) in [5.74, 6) is -0.341. The first-order valence-corrected chi connectivity index (χ1v) is 5.72. The highest BCUT2D eigenvalue weighted by Gasteiger charge is 2.18. The number of rotatable bonds is 4. The van der Waals surface area contributed by atoms with E-state index in [1.54, 1.807) is 13.0 Å². The van der Waals surface area contributed by atoms with Crippen LogP contribution in [0, 0.1) is 5.82 Å². The molecule has 1 aromatic carbocycles. The van der Waals surface area contributed by atoms with E-state index in [9.17, 15) is 9.50 Å². The summed E-state index contributed by atoms with van der Waals surface area (Å²) in [5, 5.41) is 9.64. The standard InChI is InChI=1S/C13H20FNO/c1-5-15(9(2)3)12-8-6-7-11(14)13(12)10(4)16/h6-10,16H,5H2,1-4H3/t10-/m0/s1. The van der Waals surface area contributed by atoms with Crippen molar-refractivity contribution >= 4 is 5.69 Å². The molecular formula is C13H20FNO. The lowest BCUT2D eigenvalue weighted by Gasteiger charge is -2.30. The summed E-state index contributed by atoms with van der Waals surface area (Å²) in [4.78, 5) is 2.07. The van der Waals surface area contributed by atoms with Gasteiger partial charge in [-0.15, -0.1) is 0 Å². The molecule has 1 N–H and O–H groups in total. The van der Waals surface area contributed by atoms with Crippen LogP contribution in [0.4, 0.5) is 10.1 Å². The largest absolute Gasteiger partial charge is 0.389 e. The SMILES string of the molecule is CCN(c1cccc(F)c1[C@H](C)O)C(C)C. The maximum atomic E-state index is 13.7. The number of nitrogens with zero attached hydrogens (tertiary/aromatic N) is 1. The maximum Gasteiger partial charge on any atom is 0.131 e. The van der Waals surface area contributed by atoms with E-state index >= 15 is 0 Å². The Bertz CT molecular complexity index is 350. The average Bonchev–Trinajstić information content (AvgIpc) is 2.17. The zero-order valence-corrected chi connectivity index (χ0v) is 10.4. The van der Waals surface area contributed by atoms with E-state index in [-0.39, 0.29) is 11.9 Å². The summed E-state index contributed by atoms with van der Waals surface area (Å²) < 4.78 is 13.7. The van der Waals surface area contributed by atoms with E-state index < -0.39 is 6.10 Å². The number of aliphatic hydroxyl groups is 1. The lowest BCUT2D eigenvalue weighted by Crippen LogP contribution is -2.31.